The highest BCUT2D eigenvalue weighted by Gasteiger charge is 2.55. The van der Waals surface area contributed by atoms with Crippen molar-refractivity contribution in [2.45, 2.75) is 115 Å². The van der Waals surface area contributed by atoms with Crippen LogP contribution in [0.4, 0.5) is 0 Å². The molecule has 18 nitrogen and oxygen atoms in total. The number of carbonyl (C=O) groups is 8. The van der Waals surface area contributed by atoms with E-state index in [1.165, 1.54) is 0 Å². The highest BCUT2D eigenvalue weighted by molar-refractivity contribution is 8.77. The monoisotopic (exact) mass is 726 g/mol. The molecule has 0 N–H and O–H groups in total. The first-order valence-electron chi connectivity index (χ1n) is 14.3. The summed E-state index contributed by atoms with van der Waals surface area (Å²) in [5, 5.41) is 0. The summed E-state index contributed by atoms with van der Waals surface area (Å²) in [4.78, 5) is 96.1. The Morgan fingerprint density at radius 2 is 0.646 bits per heavy atom. The highest BCUT2D eigenvalue weighted by Crippen LogP contribution is 2.45. The van der Waals surface area contributed by atoms with Crippen LogP contribution in [0.5, 0.6) is 0 Å². The van der Waals surface area contributed by atoms with E-state index in [0.717, 1.165) is 77.0 Å². The molecule has 0 spiro atoms. The van der Waals surface area contributed by atoms with Gasteiger partial charge in [-0.15, -0.1) is 0 Å². The van der Waals surface area contributed by atoms with E-state index in [1.807, 2.05) is 0 Å². The molecular formula is C28H38O18S2. The van der Waals surface area contributed by atoms with Crippen LogP contribution >= 0.6 is 21.6 Å². The van der Waals surface area contributed by atoms with Crippen LogP contribution in [-0.2, 0) is 85.7 Å². The first-order chi connectivity index (χ1) is 22.4. The lowest BCUT2D eigenvalue weighted by molar-refractivity contribution is -0.238. The average Bonchev–Trinajstić information content (AvgIpc) is 2.93. The molecule has 2 aliphatic heterocycles. The number of esters is 8. The van der Waals surface area contributed by atoms with Gasteiger partial charge in [-0.3, -0.25) is 38.4 Å². The number of ether oxygens (including phenoxy) is 10. The Bertz CT molecular complexity index is 1130. The van der Waals surface area contributed by atoms with Gasteiger partial charge in [0.1, 0.15) is 25.4 Å². The molecule has 2 aliphatic rings. The lowest BCUT2D eigenvalue weighted by atomic mass is 9.99. The minimum atomic E-state index is -1.46. The summed E-state index contributed by atoms with van der Waals surface area (Å²) in [5.41, 5.74) is -2.55. The van der Waals surface area contributed by atoms with Crippen molar-refractivity contribution in [1.82, 2.24) is 0 Å². The van der Waals surface area contributed by atoms with Crippen molar-refractivity contribution < 1.29 is 85.7 Å². The zero-order chi connectivity index (χ0) is 36.3. The normalized spacial score (nSPS) is 29.7. The van der Waals surface area contributed by atoms with Crippen molar-refractivity contribution >= 4 is 69.3 Å². The van der Waals surface area contributed by atoms with Crippen LogP contribution in [0.3, 0.4) is 0 Å². The smallest absolute Gasteiger partial charge is 0.303 e. The number of rotatable bonds is 13. The summed E-state index contributed by atoms with van der Waals surface area (Å²) in [6, 6.07) is 0. The van der Waals surface area contributed by atoms with Crippen molar-refractivity contribution in [3.05, 3.63) is 0 Å². The summed E-state index contributed by atoms with van der Waals surface area (Å²) >= 11 is 0. The van der Waals surface area contributed by atoms with Crippen LogP contribution < -0.4 is 0 Å². The molecule has 2 unspecified atom stereocenters. The molecule has 0 saturated carbocycles. The van der Waals surface area contributed by atoms with Crippen LogP contribution in [0.2, 0.25) is 0 Å². The van der Waals surface area contributed by atoms with Gasteiger partial charge in [0.25, 0.3) is 0 Å². The van der Waals surface area contributed by atoms with E-state index in [1.54, 1.807) is 0 Å². The van der Waals surface area contributed by atoms with E-state index >= 15 is 0 Å². The van der Waals surface area contributed by atoms with Crippen molar-refractivity contribution in [1.29, 1.82) is 0 Å². The van der Waals surface area contributed by atoms with Crippen molar-refractivity contribution in [3.8, 4) is 0 Å². The fourth-order valence-corrected chi connectivity index (χ4v) is 7.46. The predicted octanol–water partition coefficient (Wildman–Crippen LogP) is 0.534. The van der Waals surface area contributed by atoms with Gasteiger partial charge in [0.05, 0.1) is 0 Å². The second-order valence-electron chi connectivity index (χ2n) is 10.3. The van der Waals surface area contributed by atoms with Crippen molar-refractivity contribution in [3.63, 3.8) is 0 Å². The molecule has 48 heavy (non-hydrogen) atoms. The van der Waals surface area contributed by atoms with Crippen LogP contribution in [-0.4, -0.2) is 121 Å². The molecule has 2 heterocycles. The van der Waals surface area contributed by atoms with Crippen LogP contribution in [0.25, 0.3) is 0 Å². The first-order valence-corrected chi connectivity index (χ1v) is 16.6. The Labute approximate surface area is 283 Å². The number of hydrogen-bond acceptors (Lipinski definition) is 20. The van der Waals surface area contributed by atoms with Crippen LogP contribution in [0.15, 0.2) is 0 Å². The van der Waals surface area contributed by atoms with E-state index in [9.17, 15) is 38.4 Å². The third-order valence-corrected chi connectivity index (χ3v) is 8.86. The second-order valence-corrected chi connectivity index (χ2v) is 12.8. The molecule has 20 heteroatoms. The summed E-state index contributed by atoms with van der Waals surface area (Å²) in [6.45, 7) is 7.75. The highest BCUT2D eigenvalue weighted by atomic mass is 33.1. The Hall–Kier alpha value is -3.62. The SMILES string of the molecule is CC(=O)OC[C@H]1OC(SSC2O[C@H](COC(C)=O)[C@@H](OC(C)=O)[C@H](OC(C)=O)[C@@H]2OC(C)=O)[C@@H](OC(C)=O)[C@@H](OC(C)=O)[C@@H]1OC(C)=O. The lowest BCUT2D eigenvalue weighted by Gasteiger charge is -2.46. The molecule has 2 saturated heterocycles. The molecular weight excluding hydrogens is 688 g/mol. The summed E-state index contributed by atoms with van der Waals surface area (Å²) in [5.74, 6) is -6.37. The third-order valence-electron chi connectivity index (χ3n) is 6.14. The van der Waals surface area contributed by atoms with Crippen LogP contribution in [0.1, 0.15) is 55.4 Å². The minimum Gasteiger partial charge on any atom is -0.463 e. The molecule has 270 valence electrons. The largest absolute Gasteiger partial charge is 0.463 e. The Balaban J connectivity index is 2.57. The molecule has 0 aromatic rings. The zero-order valence-electron chi connectivity index (χ0n) is 27.4. The first kappa shape index (κ1) is 40.6. The van der Waals surface area contributed by atoms with Gasteiger partial charge < -0.3 is 47.4 Å². The maximum Gasteiger partial charge on any atom is 0.303 e. The van der Waals surface area contributed by atoms with Gasteiger partial charge in [-0.05, 0) is 0 Å². The zero-order valence-corrected chi connectivity index (χ0v) is 29.0. The third kappa shape index (κ3) is 12.8. The fraction of sp³-hybridized carbons (Fsp3) is 0.714. The minimum absolute atomic E-state index is 0.474. The van der Waals surface area contributed by atoms with E-state index in [2.05, 4.69) is 0 Å². The molecule has 0 radical (unpaired) electrons. The van der Waals surface area contributed by atoms with E-state index in [-0.39, 0.29) is 0 Å². The van der Waals surface area contributed by atoms with Gasteiger partial charge in [0, 0.05) is 55.4 Å². The van der Waals surface area contributed by atoms with Gasteiger partial charge >= 0.3 is 47.8 Å². The van der Waals surface area contributed by atoms with Gasteiger partial charge in [-0.2, -0.15) is 0 Å². The van der Waals surface area contributed by atoms with E-state index < -0.39 is 121 Å². The molecule has 0 bridgehead atoms. The van der Waals surface area contributed by atoms with Gasteiger partial charge in [0.2, 0.25) is 0 Å². The quantitative estimate of drug-likeness (QED) is 0.143. The molecule has 0 aromatic carbocycles. The molecule has 0 amide bonds. The number of carbonyl (C=O) groups excluding carboxylic acids is 8. The van der Waals surface area contributed by atoms with E-state index in [4.69, 9.17) is 47.4 Å². The van der Waals surface area contributed by atoms with Gasteiger partial charge in [-0.1, -0.05) is 21.6 Å². The summed E-state index contributed by atoms with van der Waals surface area (Å²) < 4.78 is 54.9. The molecule has 0 aromatic heterocycles. The molecule has 0 aliphatic carbocycles. The maximum atomic E-state index is 12.2. The predicted molar refractivity (Wildman–Crippen MR) is 159 cm³/mol. The topological polar surface area (TPSA) is 229 Å². The summed E-state index contributed by atoms with van der Waals surface area (Å²) in [7, 11) is 1.62. The van der Waals surface area contributed by atoms with Crippen LogP contribution in [0, 0.1) is 0 Å². The fourth-order valence-electron chi connectivity index (χ4n) is 4.64. The van der Waals surface area contributed by atoms with Gasteiger partial charge in [-0.25, -0.2) is 0 Å². The summed E-state index contributed by atoms with van der Waals surface area (Å²) in [6.07, 6.45) is -11.1. The Morgan fingerprint density at radius 1 is 0.396 bits per heavy atom. The average molecular weight is 727 g/mol. The van der Waals surface area contributed by atoms with Gasteiger partial charge in [0.15, 0.2) is 47.5 Å². The number of hydrogen-bond donors (Lipinski definition) is 0. The Kier molecular flexibility index (Phi) is 15.9. The van der Waals surface area contributed by atoms with Crippen molar-refractivity contribution in [2.24, 2.45) is 0 Å². The van der Waals surface area contributed by atoms with E-state index in [0.29, 0.717) is 0 Å². The molecule has 2 rings (SSSR count). The lowest BCUT2D eigenvalue weighted by Crippen LogP contribution is -2.62. The maximum absolute atomic E-state index is 12.2. The second kappa shape index (κ2) is 18.8. The Morgan fingerprint density at radius 3 is 0.896 bits per heavy atom. The molecule has 10 atom stereocenters. The van der Waals surface area contributed by atoms with Crippen molar-refractivity contribution in [2.75, 3.05) is 13.2 Å². The standard InChI is InChI=1S/C28H38O18S2/c1-11(29)37-9-19-21(39-13(3)31)23(41-15(5)33)25(43-17(7)35)27(45-19)47-48-28-26(44-18(8)36)24(42-16(6)34)22(40-14(4)32)20(46-28)10-38-12(2)30/h19-28H,9-10H2,1-8H3/t19-,20-,21-,22-,23+,24+,25+,26+,27?,28?/m1/s1. The molecule has 2 fully saturated rings.